The summed E-state index contributed by atoms with van der Waals surface area (Å²) < 4.78 is 39.6. The largest absolute Gasteiger partial charge is 0.573 e. The molecule has 0 saturated heterocycles. The zero-order valence-electron chi connectivity index (χ0n) is 8.29. The molecule has 0 heterocycles. The summed E-state index contributed by atoms with van der Waals surface area (Å²) in [5.41, 5.74) is 0.790. The Morgan fingerprint density at radius 2 is 1.69 bits per heavy atom. The van der Waals surface area contributed by atoms with Crippen molar-refractivity contribution in [3.8, 4) is 5.75 Å². The van der Waals surface area contributed by atoms with Gasteiger partial charge in [0, 0.05) is 6.61 Å². The van der Waals surface area contributed by atoms with Gasteiger partial charge in [-0.2, -0.15) is 0 Å². The molecule has 1 aromatic rings. The first-order valence-corrected chi connectivity index (χ1v) is 4.55. The van der Waals surface area contributed by atoms with Gasteiger partial charge in [0.25, 0.3) is 0 Å². The molecule has 0 aliphatic heterocycles. The molecule has 0 radical (unpaired) electrons. The second-order valence-electron chi connectivity index (χ2n) is 3.16. The molecule has 0 saturated carbocycles. The van der Waals surface area contributed by atoms with Crippen molar-refractivity contribution in [2.24, 2.45) is 0 Å². The highest BCUT2D eigenvalue weighted by atomic mass is 19.4. The first-order chi connectivity index (χ1) is 7.44. The maximum absolute atomic E-state index is 12.0. The van der Waals surface area contributed by atoms with Gasteiger partial charge in [0.1, 0.15) is 5.75 Å². The van der Waals surface area contributed by atoms with Crippen molar-refractivity contribution < 1.29 is 28.1 Å². The minimum Gasteiger partial charge on any atom is -0.406 e. The van der Waals surface area contributed by atoms with Gasteiger partial charge < -0.3 is 14.9 Å². The molecule has 0 atom stereocenters. The Morgan fingerprint density at radius 3 is 2.19 bits per heavy atom. The van der Waals surface area contributed by atoms with Crippen molar-refractivity contribution in [1.29, 1.82) is 0 Å². The molecule has 0 aliphatic carbocycles. The van der Waals surface area contributed by atoms with Gasteiger partial charge in [-0.25, -0.2) is 0 Å². The average Bonchev–Trinajstić information content (AvgIpc) is 2.15. The van der Waals surface area contributed by atoms with Crippen molar-refractivity contribution in [1.82, 2.24) is 0 Å². The predicted octanol–water partition coefficient (Wildman–Crippen LogP) is 1.61. The number of hydrogen-bond acceptors (Lipinski definition) is 3. The number of benzene rings is 1. The number of aliphatic hydroxyl groups excluding tert-OH is 2. The monoisotopic (exact) mass is 236 g/mol. The summed E-state index contributed by atoms with van der Waals surface area (Å²) in [6, 6.07) is 3.80. The van der Waals surface area contributed by atoms with Crippen molar-refractivity contribution >= 4 is 0 Å². The van der Waals surface area contributed by atoms with E-state index in [9.17, 15) is 13.2 Å². The van der Waals surface area contributed by atoms with Gasteiger partial charge in [0.2, 0.25) is 0 Å². The van der Waals surface area contributed by atoms with E-state index in [1.165, 1.54) is 12.1 Å². The molecular weight excluding hydrogens is 225 g/mol. The lowest BCUT2D eigenvalue weighted by atomic mass is 10.1. The Morgan fingerprint density at radius 1 is 1.06 bits per heavy atom. The quantitative estimate of drug-likeness (QED) is 0.835. The maximum atomic E-state index is 12.0. The zero-order chi connectivity index (χ0) is 12.2. The summed E-state index contributed by atoms with van der Waals surface area (Å²) in [6.07, 6.45) is -4.55. The lowest BCUT2D eigenvalue weighted by molar-refractivity contribution is -0.274. The fourth-order valence-corrected chi connectivity index (χ4v) is 1.29. The minimum absolute atomic E-state index is 0.180. The lowest BCUT2D eigenvalue weighted by Gasteiger charge is -2.11. The van der Waals surface area contributed by atoms with Gasteiger partial charge in [-0.3, -0.25) is 0 Å². The smallest absolute Gasteiger partial charge is 0.406 e. The van der Waals surface area contributed by atoms with E-state index in [1.54, 1.807) is 0 Å². The van der Waals surface area contributed by atoms with Gasteiger partial charge >= 0.3 is 6.36 Å². The van der Waals surface area contributed by atoms with Gasteiger partial charge in [-0.05, 0) is 29.7 Å². The fraction of sp³-hybridized carbons (Fsp3) is 0.400. The molecule has 6 heteroatoms. The van der Waals surface area contributed by atoms with Crippen molar-refractivity contribution in [2.45, 2.75) is 19.4 Å². The lowest BCUT2D eigenvalue weighted by Crippen LogP contribution is -2.17. The van der Waals surface area contributed by atoms with Crippen LogP contribution in [0.3, 0.4) is 0 Å². The Balaban J connectivity index is 2.95. The molecular formula is C10H11F3O3. The summed E-state index contributed by atoms with van der Waals surface area (Å²) in [6.45, 7) is -0.562. The van der Waals surface area contributed by atoms with Crippen LogP contribution in [-0.4, -0.2) is 23.2 Å². The molecule has 3 nitrogen and oxygen atoms in total. The van der Waals surface area contributed by atoms with E-state index in [0.29, 0.717) is 11.1 Å². The number of ether oxygens (including phenoxy) is 1. The summed E-state index contributed by atoms with van der Waals surface area (Å²) in [4.78, 5) is 0. The number of rotatable bonds is 4. The van der Waals surface area contributed by atoms with E-state index in [4.69, 9.17) is 10.2 Å². The standard InChI is InChI=1S/C10H11F3O3/c11-10(12,13)16-9-4-7(1-2-14)3-8(5-9)6-15/h3-5,14-15H,1-2,6H2. The third-order valence-corrected chi connectivity index (χ3v) is 1.84. The highest BCUT2D eigenvalue weighted by Gasteiger charge is 2.31. The number of halogens is 3. The highest BCUT2D eigenvalue weighted by molar-refractivity contribution is 5.34. The molecule has 0 aliphatic rings. The fourth-order valence-electron chi connectivity index (χ4n) is 1.29. The molecule has 0 fully saturated rings. The molecule has 1 rings (SSSR count). The van der Waals surface area contributed by atoms with Crippen molar-refractivity contribution in [3.05, 3.63) is 29.3 Å². The van der Waals surface area contributed by atoms with Crippen LogP contribution in [0.25, 0.3) is 0 Å². The van der Waals surface area contributed by atoms with E-state index in [2.05, 4.69) is 4.74 Å². The van der Waals surface area contributed by atoms with Crippen LogP contribution in [0, 0.1) is 0 Å². The molecule has 90 valence electrons. The van der Waals surface area contributed by atoms with Crippen LogP contribution in [0.1, 0.15) is 11.1 Å². The molecule has 0 unspecified atom stereocenters. The molecule has 2 N–H and O–H groups in total. The molecule has 0 aromatic heterocycles. The van der Waals surface area contributed by atoms with Crippen LogP contribution in [-0.2, 0) is 13.0 Å². The van der Waals surface area contributed by atoms with Crippen molar-refractivity contribution in [3.63, 3.8) is 0 Å². The number of hydrogen-bond donors (Lipinski definition) is 2. The Bertz CT molecular complexity index is 350. The topological polar surface area (TPSA) is 49.7 Å². The Hall–Kier alpha value is -1.27. The predicted molar refractivity (Wildman–Crippen MR) is 49.8 cm³/mol. The van der Waals surface area contributed by atoms with Crippen LogP contribution in [0.2, 0.25) is 0 Å². The third-order valence-electron chi connectivity index (χ3n) is 1.84. The Labute approximate surface area is 90.1 Å². The van der Waals surface area contributed by atoms with Crippen LogP contribution in [0.4, 0.5) is 13.2 Å². The second-order valence-corrected chi connectivity index (χ2v) is 3.16. The van der Waals surface area contributed by atoms with Crippen molar-refractivity contribution in [2.75, 3.05) is 6.61 Å². The second kappa shape index (κ2) is 5.18. The Kier molecular flexibility index (Phi) is 4.14. The molecule has 0 spiro atoms. The van der Waals surface area contributed by atoms with E-state index >= 15 is 0 Å². The summed E-state index contributed by atoms with van der Waals surface area (Å²) in [5.74, 6) is -0.387. The van der Waals surface area contributed by atoms with Crippen LogP contribution in [0.5, 0.6) is 5.75 Å². The molecule has 16 heavy (non-hydrogen) atoms. The summed E-state index contributed by atoms with van der Waals surface area (Å²) >= 11 is 0. The molecule has 0 amide bonds. The molecule has 0 bridgehead atoms. The number of alkyl halides is 3. The van der Waals surface area contributed by atoms with Crippen LogP contribution < -0.4 is 4.74 Å². The third kappa shape index (κ3) is 4.08. The zero-order valence-corrected chi connectivity index (χ0v) is 8.29. The van der Waals surface area contributed by atoms with E-state index in [0.717, 1.165) is 6.07 Å². The highest BCUT2D eigenvalue weighted by Crippen LogP contribution is 2.25. The first kappa shape index (κ1) is 12.8. The normalized spacial score (nSPS) is 11.6. The van der Waals surface area contributed by atoms with Crippen LogP contribution in [0.15, 0.2) is 18.2 Å². The SMILES string of the molecule is OCCc1cc(CO)cc(OC(F)(F)F)c1. The first-order valence-electron chi connectivity index (χ1n) is 4.55. The van der Waals surface area contributed by atoms with E-state index in [1.807, 2.05) is 0 Å². The van der Waals surface area contributed by atoms with E-state index in [-0.39, 0.29) is 25.4 Å². The number of aliphatic hydroxyl groups is 2. The van der Waals surface area contributed by atoms with Gasteiger partial charge in [-0.15, -0.1) is 13.2 Å². The molecule has 1 aromatic carbocycles. The van der Waals surface area contributed by atoms with Crippen LogP contribution >= 0.6 is 0 Å². The van der Waals surface area contributed by atoms with Gasteiger partial charge in [0.05, 0.1) is 6.61 Å². The van der Waals surface area contributed by atoms with Gasteiger partial charge in [-0.1, -0.05) is 6.07 Å². The van der Waals surface area contributed by atoms with E-state index < -0.39 is 6.36 Å². The summed E-state index contributed by atoms with van der Waals surface area (Å²) in [7, 11) is 0. The maximum Gasteiger partial charge on any atom is 0.573 e. The minimum atomic E-state index is -4.76. The average molecular weight is 236 g/mol. The summed E-state index contributed by atoms with van der Waals surface area (Å²) in [5, 5.41) is 17.5. The van der Waals surface area contributed by atoms with Gasteiger partial charge in [0.15, 0.2) is 0 Å².